The van der Waals surface area contributed by atoms with Gasteiger partial charge >= 0.3 is 0 Å². The SMILES string of the molecule is COc1cc(CNC2CCC2)ccc1OC[C@@H](O)CN(C)C1CCCCC1. The monoisotopic (exact) mass is 376 g/mol. The van der Waals surface area contributed by atoms with E-state index in [0.717, 1.165) is 12.3 Å². The summed E-state index contributed by atoms with van der Waals surface area (Å²) in [4.78, 5) is 2.29. The normalized spacial score (nSPS) is 19.7. The second kappa shape index (κ2) is 10.3. The average molecular weight is 377 g/mol. The second-order valence-electron chi connectivity index (χ2n) is 8.19. The Morgan fingerprint density at radius 2 is 1.89 bits per heavy atom. The highest BCUT2D eigenvalue weighted by Gasteiger charge is 2.21. The van der Waals surface area contributed by atoms with Crippen LogP contribution in [0.4, 0.5) is 0 Å². The van der Waals surface area contributed by atoms with Gasteiger partial charge in [-0.3, -0.25) is 0 Å². The number of aliphatic hydroxyl groups excluding tert-OH is 1. The van der Waals surface area contributed by atoms with E-state index in [1.165, 1.54) is 56.9 Å². The number of rotatable bonds is 10. The molecule has 5 heteroatoms. The fraction of sp³-hybridized carbons (Fsp3) is 0.727. The van der Waals surface area contributed by atoms with Crippen LogP contribution in [0.3, 0.4) is 0 Å². The number of benzene rings is 1. The van der Waals surface area contributed by atoms with Crippen LogP contribution < -0.4 is 14.8 Å². The lowest BCUT2D eigenvalue weighted by atomic mass is 9.93. The molecule has 0 amide bonds. The summed E-state index contributed by atoms with van der Waals surface area (Å²) in [6.45, 7) is 1.79. The van der Waals surface area contributed by atoms with Gasteiger partial charge in [-0.15, -0.1) is 0 Å². The van der Waals surface area contributed by atoms with Crippen molar-refractivity contribution in [2.75, 3.05) is 27.3 Å². The molecule has 27 heavy (non-hydrogen) atoms. The van der Waals surface area contributed by atoms with Gasteiger partial charge in [-0.05, 0) is 50.4 Å². The van der Waals surface area contributed by atoms with Crippen LogP contribution in [0.5, 0.6) is 11.5 Å². The van der Waals surface area contributed by atoms with Gasteiger partial charge in [0.1, 0.15) is 12.7 Å². The number of hydrogen-bond acceptors (Lipinski definition) is 5. The van der Waals surface area contributed by atoms with Crippen LogP contribution in [0.15, 0.2) is 18.2 Å². The second-order valence-corrected chi connectivity index (χ2v) is 8.19. The highest BCUT2D eigenvalue weighted by molar-refractivity contribution is 5.43. The first-order valence-electron chi connectivity index (χ1n) is 10.6. The van der Waals surface area contributed by atoms with Gasteiger partial charge in [0.2, 0.25) is 0 Å². The summed E-state index contributed by atoms with van der Waals surface area (Å²) in [5.41, 5.74) is 1.20. The molecule has 2 saturated carbocycles. The molecule has 2 fully saturated rings. The van der Waals surface area contributed by atoms with Crippen LogP contribution in [-0.4, -0.2) is 55.5 Å². The van der Waals surface area contributed by atoms with E-state index < -0.39 is 6.10 Å². The molecular formula is C22H36N2O3. The van der Waals surface area contributed by atoms with E-state index in [2.05, 4.69) is 23.3 Å². The van der Waals surface area contributed by atoms with Crippen molar-refractivity contribution in [2.45, 2.75) is 76.1 Å². The van der Waals surface area contributed by atoms with Crippen LogP contribution >= 0.6 is 0 Å². The summed E-state index contributed by atoms with van der Waals surface area (Å²) in [6.07, 6.45) is 9.86. The predicted molar refractivity (Wildman–Crippen MR) is 108 cm³/mol. The Kier molecular flexibility index (Phi) is 7.80. The minimum absolute atomic E-state index is 0.285. The van der Waals surface area contributed by atoms with Crippen LogP contribution in [0.2, 0.25) is 0 Å². The van der Waals surface area contributed by atoms with Gasteiger partial charge in [-0.25, -0.2) is 0 Å². The third-order valence-electron chi connectivity index (χ3n) is 6.06. The zero-order valence-electron chi connectivity index (χ0n) is 17.0. The molecule has 5 nitrogen and oxygen atoms in total. The first kappa shape index (κ1) is 20.4. The van der Waals surface area contributed by atoms with Crippen LogP contribution in [0.25, 0.3) is 0 Å². The lowest BCUT2D eigenvalue weighted by molar-refractivity contribution is 0.0553. The van der Waals surface area contributed by atoms with Crippen molar-refractivity contribution in [3.8, 4) is 11.5 Å². The van der Waals surface area contributed by atoms with Crippen molar-refractivity contribution in [3.63, 3.8) is 0 Å². The van der Waals surface area contributed by atoms with Gasteiger partial charge in [-0.1, -0.05) is 31.7 Å². The summed E-state index contributed by atoms with van der Waals surface area (Å²) in [6, 6.07) is 7.33. The van der Waals surface area contributed by atoms with Crippen LogP contribution in [0, 0.1) is 0 Å². The van der Waals surface area contributed by atoms with Gasteiger partial charge < -0.3 is 24.8 Å². The van der Waals surface area contributed by atoms with E-state index in [4.69, 9.17) is 9.47 Å². The van der Waals surface area contributed by atoms with E-state index in [-0.39, 0.29) is 6.61 Å². The molecule has 2 aliphatic rings. The third-order valence-corrected chi connectivity index (χ3v) is 6.06. The van der Waals surface area contributed by atoms with Crippen molar-refractivity contribution in [3.05, 3.63) is 23.8 Å². The van der Waals surface area contributed by atoms with Gasteiger partial charge in [0.25, 0.3) is 0 Å². The molecule has 2 N–H and O–H groups in total. The van der Waals surface area contributed by atoms with E-state index in [1.54, 1.807) is 7.11 Å². The molecule has 0 aromatic heterocycles. The number of nitrogens with one attached hydrogen (secondary N) is 1. The quantitative estimate of drug-likeness (QED) is 0.656. The maximum Gasteiger partial charge on any atom is 0.161 e. The first-order valence-corrected chi connectivity index (χ1v) is 10.6. The number of likely N-dealkylation sites (N-methyl/N-ethyl adjacent to an activating group) is 1. The summed E-state index contributed by atoms with van der Waals surface area (Å²) in [5, 5.41) is 14.0. The Hall–Kier alpha value is -1.30. The van der Waals surface area contributed by atoms with Crippen LogP contribution in [-0.2, 0) is 6.54 Å². The molecule has 0 radical (unpaired) electrons. The Balaban J connectivity index is 1.45. The lowest BCUT2D eigenvalue weighted by Gasteiger charge is -2.32. The van der Waals surface area contributed by atoms with Gasteiger partial charge in [0.15, 0.2) is 11.5 Å². The summed E-state index contributed by atoms with van der Waals surface area (Å²) in [7, 11) is 3.78. The standard InChI is InChI=1S/C22H36N2O3/c1-24(19-9-4-3-5-10-19)15-20(25)16-27-21-12-11-17(13-22(21)26-2)14-23-18-7-6-8-18/h11-13,18-20,23,25H,3-10,14-16H2,1-2H3/t20-/m0/s1. The minimum Gasteiger partial charge on any atom is -0.493 e. The van der Waals surface area contributed by atoms with Crippen molar-refractivity contribution >= 4 is 0 Å². The summed E-state index contributed by atoms with van der Waals surface area (Å²) in [5.74, 6) is 1.43. The highest BCUT2D eigenvalue weighted by atomic mass is 16.5. The van der Waals surface area contributed by atoms with Gasteiger partial charge in [0, 0.05) is 25.2 Å². The summed E-state index contributed by atoms with van der Waals surface area (Å²) < 4.78 is 11.4. The molecular weight excluding hydrogens is 340 g/mol. The number of nitrogens with zero attached hydrogens (tertiary/aromatic N) is 1. The minimum atomic E-state index is -0.499. The summed E-state index contributed by atoms with van der Waals surface area (Å²) >= 11 is 0. The van der Waals surface area contributed by atoms with Crippen molar-refractivity contribution in [2.24, 2.45) is 0 Å². The highest BCUT2D eigenvalue weighted by Crippen LogP contribution is 2.29. The molecule has 1 aromatic rings. The van der Waals surface area contributed by atoms with E-state index in [1.807, 2.05) is 12.1 Å². The number of hydrogen-bond donors (Lipinski definition) is 2. The lowest BCUT2D eigenvalue weighted by Crippen LogP contribution is -2.40. The fourth-order valence-corrected chi connectivity index (χ4v) is 4.06. The molecule has 0 spiro atoms. The maximum atomic E-state index is 10.4. The van der Waals surface area contributed by atoms with Gasteiger partial charge in [-0.2, -0.15) is 0 Å². The molecule has 0 aliphatic heterocycles. The van der Waals surface area contributed by atoms with E-state index in [0.29, 0.717) is 24.4 Å². The number of aliphatic hydroxyl groups is 1. The fourth-order valence-electron chi connectivity index (χ4n) is 4.06. The van der Waals surface area contributed by atoms with Crippen molar-refractivity contribution < 1.29 is 14.6 Å². The Morgan fingerprint density at radius 1 is 1.11 bits per heavy atom. The zero-order chi connectivity index (χ0) is 19.1. The largest absolute Gasteiger partial charge is 0.493 e. The number of ether oxygens (including phenoxy) is 2. The number of methoxy groups -OCH3 is 1. The van der Waals surface area contributed by atoms with Crippen molar-refractivity contribution in [1.29, 1.82) is 0 Å². The topological polar surface area (TPSA) is 54.0 Å². The smallest absolute Gasteiger partial charge is 0.161 e. The van der Waals surface area contributed by atoms with Crippen LogP contribution in [0.1, 0.15) is 56.9 Å². The molecule has 1 aromatic carbocycles. The maximum absolute atomic E-state index is 10.4. The zero-order valence-corrected chi connectivity index (χ0v) is 17.0. The van der Waals surface area contributed by atoms with E-state index in [9.17, 15) is 5.11 Å². The van der Waals surface area contributed by atoms with Crippen molar-refractivity contribution in [1.82, 2.24) is 10.2 Å². The Bertz CT molecular complexity index is 571. The average Bonchev–Trinajstić information content (AvgIpc) is 2.66. The first-order chi connectivity index (χ1) is 13.2. The molecule has 2 aliphatic carbocycles. The Labute approximate surface area is 164 Å². The molecule has 3 rings (SSSR count). The van der Waals surface area contributed by atoms with Gasteiger partial charge in [0.05, 0.1) is 7.11 Å². The third kappa shape index (κ3) is 6.09. The molecule has 1 atom stereocenters. The van der Waals surface area contributed by atoms with E-state index >= 15 is 0 Å². The molecule has 0 unspecified atom stereocenters. The molecule has 152 valence electrons. The predicted octanol–water partition coefficient (Wildman–Crippen LogP) is 3.34. The molecule has 0 heterocycles. The molecule has 0 saturated heterocycles. The Morgan fingerprint density at radius 3 is 2.56 bits per heavy atom. The molecule has 0 bridgehead atoms.